The lowest BCUT2D eigenvalue weighted by Gasteiger charge is -2.35. The molecule has 0 aliphatic carbocycles. The maximum absolute atomic E-state index is 12.9. The molecule has 1 aromatic heterocycles. The first-order valence-electron chi connectivity index (χ1n) is 13.4. The molecule has 3 aromatic rings. The fourth-order valence-corrected chi connectivity index (χ4v) is 5.60. The van der Waals surface area contributed by atoms with Crippen LogP contribution in [-0.2, 0) is 9.59 Å². The Balaban J connectivity index is 1.16. The maximum Gasteiger partial charge on any atom is 0.223 e. The highest BCUT2D eigenvalue weighted by molar-refractivity contribution is 6.32. The molecular formula is C30H34ClN5O2. The molecule has 5 rings (SSSR count). The van der Waals surface area contributed by atoms with Crippen molar-refractivity contribution < 1.29 is 9.59 Å². The van der Waals surface area contributed by atoms with Gasteiger partial charge in [0.15, 0.2) is 0 Å². The van der Waals surface area contributed by atoms with E-state index in [2.05, 4.69) is 34.6 Å². The summed E-state index contributed by atoms with van der Waals surface area (Å²) in [4.78, 5) is 37.5. The highest BCUT2D eigenvalue weighted by atomic mass is 35.5. The summed E-state index contributed by atoms with van der Waals surface area (Å²) in [5.41, 5.74) is 3.89. The van der Waals surface area contributed by atoms with Crippen molar-refractivity contribution in [2.45, 2.75) is 45.1 Å². The SMILES string of the molecule is CC(=O)N1CCC(CC(=O)N2CCC(Nc3ncc(Cl)c(-c4cccc(-c5ccccc5)c4)n3)CC2)CC1. The highest BCUT2D eigenvalue weighted by Crippen LogP contribution is 2.30. The van der Waals surface area contributed by atoms with Gasteiger partial charge in [0, 0.05) is 51.1 Å². The molecule has 1 N–H and O–H groups in total. The average Bonchev–Trinajstić information content (AvgIpc) is 2.95. The van der Waals surface area contributed by atoms with Crippen molar-refractivity contribution in [1.82, 2.24) is 19.8 Å². The van der Waals surface area contributed by atoms with Crippen LogP contribution < -0.4 is 5.32 Å². The third-order valence-corrected chi connectivity index (χ3v) is 7.97. The lowest BCUT2D eigenvalue weighted by molar-refractivity contribution is -0.134. The first-order chi connectivity index (χ1) is 18.5. The molecule has 0 spiro atoms. The number of halogens is 1. The smallest absolute Gasteiger partial charge is 0.223 e. The number of hydrogen-bond donors (Lipinski definition) is 1. The average molecular weight is 532 g/mol. The molecule has 2 aromatic carbocycles. The van der Waals surface area contributed by atoms with E-state index in [1.54, 1.807) is 13.1 Å². The Morgan fingerprint density at radius 3 is 2.26 bits per heavy atom. The van der Waals surface area contributed by atoms with E-state index in [9.17, 15) is 9.59 Å². The van der Waals surface area contributed by atoms with Gasteiger partial charge in [-0.15, -0.1) is 0 Å². The maximum atomic E-state index is 12.9. The Labute approximate surface area is 229 Å². The fourth-order valence-electron chi connectivity index (χ4n) is 5.40. The van der Waals surface area contributed by atoms with Gasteiger partial charge in [0.05, 0.1) is 16.9 Å². The van der Waals surface area contributed by atoms with E-state index in [-0.39, 0.29) is 17.9 Å². The molecule has 0 unspecified atom stereocenters. The predicted octanol–water partition coefficient (Wildman–Crippen LogP) is 5.52. The molecule has 2 fully saturated rings. The van der Waals surface area contributed by atoms with Crippen molar-refractivity contribution in [2.75, 3.05) is 31.5 Å². The number of nitrogens with zero attached hydrogens (tertiary/aromatic N) is 4. The summed E-state index contributed by atoms with van der Waals surface area (Å²) in [5.74, 6) is 1.28. The fraction of sp³-hybridized carbons (Fsp3) is 0.400. The van der Waals surface area contributed by atoms with Gasteiger partial charge in [0.25, 0.3) is 0 Å². The van der Waals surface area contributed by atoms with Crippen molar-refractivity contribution in [1.29, 1.82) is 0 Å². The Kier molecular flexibility index (Phi) is 8.23. The zero-order valence-corrected chi connectivity index (χ0v) is 22.5. The summed E-state index contributed by atoms with van der Waals surface area (Å²) in [6.07, 6.45) is 5.74. The topological polar surface area (TPSA) is 78.4 Å². The van der Waals surface area contributed by atoms with Crippen molar-refractivity contribution >= 4 is 29.4 Å². The Hall–Kier alpha value is -3.45. The van der Waals surface area contributed by atoms with Crippen LogP contribution in [0.1, 0.15) is 39.0 Å². The molecule has 0 radical (unpaired) electrons. The first-order valence-corrected chi connectivity index (χ1v) is 13.8. The van der Waals surface area contributed by atoms with Crippen molar-refractivity contribution in [3.63, 3.8) is 0 Å². The van der Waals surface area contributed by atoms with E-state index in [0.717, 1.165) is 68.6 Å². The zero-order valence-electron chi connectivity index (χ0n) is 21.8. The molecular weight excluding hydrogens is 498 g/mol. The number of likely N-dealkylation sites (tertiary alicyclic amines) is 2. The number of amides is 2. The molecule has 2 amide bonds. The van der Waals surface area contributed by atoms with E-state index >= 15 is 0 Å². The van der Waals surface area contributed by atoms with E-state index in [1.165, 1.54) is 0 Å². The zero-order chi connectivity index (χ0) is 26.5. The van der Waals surface area contributed by atoms with E-state index in [4.69, 9.17) is 16.6 Å². The minimum absolute atomic E-state index is 0.127. The summed E-state index contributed by atoms with van der Waals surface area (Å²) >= 11 is 6.51. The van der Waals surface area contributed by atoms with Crippen LogP contribution in [0.15, 0.2) is 60.8 Å². The van der Waals surface area contributed by atoms with Crippen molar-refractivity contribution in [2.24, 2.45) is 5.92 Å². The van der Waals surface area contributed by atoms with Crippen molar-refractivity contribution in [3.05, 3.63) is 65.8 Å². The number of anilines is 1. The van der Waals surface area contributed by atoms with Crippen LogP contribution in [0.2, 0.25) is 5.02 Å². The molecule has 2 aliphatic heterocycles. The summed E-state index contributed by atoms with van der Waals surface area (Å²) < 4.78 is 0. The monoisotopic (exact) mass is 531 g/mol. The number of carbonyl (C=O) groups excluding carboxylic acids is 2. The number of rotatable bonds is 6. The van der Waals surface area contributed by atoms with Gasteiger partial charge in [-0.2, -0.15) is 0 Å². The number of carbonyl (C=O) groups is 2. The summed E-state index contributed by atoms with van der Waals surface area (Å²) in [7, 11) is 0. The lowest BCUT2D eigenvalue weighted by atomic mass is 9.92. The molecule has 2 aliphatic rings. The van der Waals surface area contributed by atoms with Gasteiger partial charge >= 0.3 is 0 Å². The van der Waals surface area contributed by atoms with Crippen LogP contribution in [0, 0.1) is 5.92 Å². The van der Waals surface area contributed by atoms with E-state index in [0.29, 0.717) is 29.0 Å². The number of aromatic nitrogens is 2. The second-order valence-corrected chi connectivity index (χ2v) is 10.7. The van der Waals surface area contributed by atoms with Gasteiger partial charge in [0.1, 0.15) is 0 Å². The highest BCUT2D eigenvalue weighted by Gasteiger charge is 2.27. The molecule has 0 bridgehead atoms. The molecule has 8 heteroatoms. The molecule has 2 saturated heterocycles. The van der Waals surface area contributed by atoms with Crippen LogP contribution >= 0.6 is 11.6 Å². The normalized spacial score (nSPS) is 16.9. The minimum Gasteiger partial charge on any atom is -0.351 e. The third kappa shape index (κ3) is 6.33. The van der Waals surface area contributed by atoms with Gasteiger partial charge in [-0.25, -0.2) is 9.97 Å². The largest absolute Gasteiger partial charge is 0.351 e. The van der Waals surface area contributed by atoms with Crippen LogP contribution in [-0.4, -0.2) is 63.8 Å². The summed E-state index contributed by atoms with van der Waals surface area (Å²) in [6, 6.07) is 18.6. The Bertz CT molecular complexity index is 1270. The Morgan fingerprint density at radius 1 is 0.895 bits per heavy atom. The Morgan fingerprint density at radius 2 is 1.55 bits per heavy atom. The van der Waals surface area contributed by atoms with Gasteiger partial charge in [-0.1, -0.05) is 60.1 Å². The third-order valence-electron chi connectivity index (χ3n) is 7.69. The summed E-state index contributed by atoms with van der Waals surface area (Å²) in [6.45, 7) is 4.59. The standard InChI is InChI=1S/C30H34ClN5O2/c1-21(37)35-14-10-22(11-15-35)18-28(38)36-16-12-26(13-17-36)33-30-32-20-27(31)29(34-30)25-9-5-8-24(19-25)23-6-3-2-4-7-23/h2-9,19-20,22,26H,10-18H2,1H3,(H,32,33,34). The van der Waals surface area contributed by atoms with Crippen LogP contribution in [0.5, 0.6) is 0 Å². The molecule has 0 saturated carbocycles. The second kappa shape index (κ2) is 11.9. The van der Waals surface area contributed by atoms with Crippen LogP contribution in [0.25, 0.3) is 22.4 Å². The molecule has 7 nitrogen and oxygen atoms in total. The van der Waals surface area contributed by atoms with Gasteiger partial charge < -0.3 is 15.1 Å². The van der Waals surface area contributed by atoms with Gasteiger partial charge in [0.2, 0.25) is 17.8 Å². The van der Waals surface area contributed by atoms with Crippen molar-refractivity contribution in [3.8, 4) is 22.4 Å². The predicted molar refractivity (Wildman–Crippen MR) is 151 cm³/mol. The molecule has 38 heavy (non-hydrogen) atoms. The second-order valence-electron chi connectivity index (χ2n) is 10.3. The number of piperidine rings is 2. The van der Waals surface area contributed by atoms with E-state index in [1.807, 2.05) is 40.1 Å². The quantitative estimate of drug-likeness (QED) is 0.453. The number of benzene rings is 2. The first kappa shape index (κ1) is 26.2. The van der Waals surface area contributed by atoms with Crippen LogP contribution in [0.3, 0.4) is 0 Å². The van der Waals surface area contributed by atoms with Gasteiger partial charge in [-0.05, 0) is 48.8 Å². The molecule has 198 valence electrons. The van der Waals surface area contributed by atoms with Gasteiger partial charge in [-0.3, -0.25) is 9.59 Å². The number of nitrogens with one attached hydrogen (secondary N) is 1. The van der Waals surface area contributed by atoms with Crippen LogP contribution in [0.4, 0.5) is 5.95 Å². The lowest BCUT2D eigenvalue weighted by Crippen LogP contribution is -2.44. The van der Waals surface area contributed by atoms with E-state index < -0.39 is 0 Å². The molecule has 3 heterocycles. The number of hydrogen-bond acceptors (Lipinski definition) is 5. The summed E-state index contributed by atoms with van der Waals surface area (Å²) in [5, 5.41) is 3.97. The molecule has 0 atom stereocenters. The minimum atomic E-state index is 0.127.